The first-order valence-electron chi connectivity index (χ1n) is 11.0. The molecule has 1 N–H and O–H groups in total. The van der Waals surface area contributed by atoms with Crippen LogP contribution in [0.5, 0.6) is 0 Å². The minimum absolute atomic E-state index is 0.0316. The van der Waals surface area contributed by atoms with Crippen LogP contribution in [0.1, 0.15) is 34.3 Å². The van der Waals surface area contributed by atoms with Crippen molar-refractivity contribution < 1.29 is 9.18 Å². The lowest BCUT2D eigenvalue weighted by molar-refractivity contribution is 0.103. The number of benzene rings is 2. The van der Waals surface area contributed by atoms with Gasteiger partial charge >= 0.3 is 0 Å². The monoisotopic (exact) mass is 447 g/mol. The highest BCUT2D eigenvalue weighted by atomic mass is 32.1. The highest BCUT2D eigenvalue weighted by molar-refractivity contribution is 7.21. The third-order valence-corrected chi connectivity index (χ3v) is 7.36. The fourth-order valence-electron chi connectivity index (χ4n) is 4.39. The van der Waals surface area contributed by atoms with Gasteiger partial charge in [-0.1, -0.05) is 53.8 Å². The predicted molar refractivity (Wildman–Crippen MR) is 131 cm³/mol. The summed E-state index contributed by atoms with van der Waals surface area (Å²) >= 11 is 1.62. The van der Waals surface area contributed by atoms with Crippen LogP contribution in [0.15, 0.2) is 60.7 Å². The Kier molecular flexibility index (Phi) is 5.81. The lowest BCUT2D eigenvalue weighted by atomic mass is 9.98. The maximum absolute atomic E-state index is 13.6. The van der Waals surface area contributed by atoms with E-state index in [4.69, 9.17) is 0 Å². The Labute approximate surface area is 192 Å². The SMILES string of the molecule is CN1CCC(Nc2sc3c(c2C(=O)c2ccccc2)C=CCN3c2ccc(F)cc2)CC1. The van der Waals surface area contributed by atoms with Gasteiger partial charge in [-0.05, 0) is 57.2 Å². The van der Waals surface area contributed by atoms with Gasteiger partial charge in [-0.2, -0.15) is 0 Å². The zero-order chi connectivity index (χ0) is 22.1. The van der Waals surface area contributed by atoms with Crippen molar-refractivity contribution in [3.8, 4) is 0 Å². The average Bonchev–Trinajstić information content (AvgIpc) is 3.19. The summed E-state index contributed by atoms with van der Waals surface area (Å²) in [5, 5.41) is 5.66. The van der Waals surface area contributed by atoms with Gasteiger partial charge in [0.15, 0.2) is 5.78 Å². The van der Waals surface area contributed by atoms with Crippen LogP contribution >= 0.6 is 11.3 Å². The number of thiophene rings is 1. The average molecular weight is 448 g/mol. The quantitative estimate of drug-likeness (QED) is 0.502. The van der Waals surface area contributed by atoms with E-state index < -0.39 is 0 Å². The van der Waals surface area contributed by atoms with Crippen molar-refractivity contribution >= 4 is 38.9 Å². The summed E-state index contributed by atoms with van der Waals surface area (Å²) in [6.07, 6.45) is 6.23. The molecule has 4 nitrogen and oxygen atoms in total. The molecular weight excluding hydrogens is 421 g/mol. The van der Waals surface area contributed by atoms with Crippen LogP contribution < -0.4 is 10.2 Å². The molecule has 3 heterocycles. The number of ketones is 1. The second kappa shape index (κ2) is 8.88. The topological polar surface area (TPSA) is 35.6 Å². The first-order chi connectivity index (χ1) is 15.6. The normalized spacial score (nSPS) is 16.8. The van der Waals surface area contributed by atoms with Gasteiger partial charge in [0.1, 0.15) is 15.8 Å². The third kappa shape index (κ3) is 4.08. The van der Waals surface area contributed by atoms with E-state index in [0.29, 0.717) is 18.2 Å². The largest absolute Gasteiger partial charge is 0.373 e. The van der Waals surface area contributed by atoms with Crippen LogP contribution in [0, 0.1) is 5.82 Å². The van der Waals surface area contributed by atoms with Crippen molar-refractivity contribution in [3.63, 3.8) is 0 Å². The van der Waals surface area contributed by atoms with Crippen LogP contribution in [-0.2, 0) is 0 Å². The first-order valence-corrected chi connectivity index (χ1v) is 11.8. The van der Waals surface area contributed by atoms with E-state index >= 15 is 0 Å². The van der Waals surface area contributed by atoms with Gasteiger partial charge in [-0.15, -0.1) is 0 Å². The molecule has 2 aromatic carbocycles. The fraction of sp³-hybridized carbons (Fsp3) is 0.269. The second-order valence-corrected chi connectivity index (χ2v) is 9.43. The van der Waals surface area contributed by atoms with Gasteiger partial charge in [-0.25, -0.2) is 4.39 Å². The highest BCUT2D eigenvalue weighted by Gasteiger charge is 2.29. The molecule has 2 aliphatic rings. The van der Waals surface area contributed by atoms with Crippen molar-refractivity contribution in [2.45, 2.75) is 18.9 Å². The van der Waals surface area contributed by atoms with Crippen molar-refractivity contribution in [3.05, 3.63) is 83.2 Å². The molecule has 0 atom stereocenters. The molecule has 1 aromatic heterocycles. The Morgan fingerprint density at radius 3 is 2.50 bits per heavy atom. The third-order valence-electron chi connectivity index (χ3n) is 6.20. The molecule has 0 amide bonds. The summed E-state index contributed by atoms with van der Waals surface area (Å²) in [6, 6.07) is 16.4. The molecule has 3 aromatic rings. The van der Waals surface area contributed by atoms with E-state index in [1.54, 1.807) is 23.5 Å². The summed E-state index contributed by atoms with van der Waals surface area (Å²) in [5.74, 6) is -0.221. The second-order valence-electron chi connectivity index (χ2n) is 8.43. The number of nitrogens with zero attached hydrogens (tertiary/aromatic N) is 2. The highest BCUT2D eigenvalue weighted by Crippen LogP contribution is 2.46. The Hall–Kier alpha value is -2.96. The number of carbonyl (C=O) groups is 1. The molecule has 1 fully saturated rings. The van der Waals surface area contributed by atoms with Crippen LogP contribution in [0.3, 0.4) is 0 Å². The van der Waals surface area contributed by atoms with E-state index in [0.717, 1.165) is 52.7 Å². The van der Waals surface area contributed by atoms with Gasteiger partial charge in [0.2, 0.25) is 0 Å². The number of hydrogen-bond acceptors (Lipinski definition) is 5. The van der Waals surface area contributed by atoms with E-state index in [1.807, 2.05) is 30.3 Å². The molecule has 1 saturated heterocycles. The molecule has 5 rings (SSSR count). The maximum atomic E-state index is 13.6. The Balaban J connectivity index is 1.57. The van der Waals surface area contributed by atoms with Gasteiger partial charge < -0.3 is 15.1 Å². The number of piperidine rings is 1. The van der Waals surface area contributed by atoms with Crippen molar-refractivity contribution in [1.82, 2.24) is 4.90 Å². The minimum Gasteiger partial charge on any atom is -0.373 e. The van der Waals surface area contributed by atoms with Crippen LogP contribution in [0.4, 0.5) is 20.1 Å². The summed E-state index contributed by atoms with van der Waals surface area (Å²) in [4.78, 5) is 18.1. The molecule has 0 radical (unpaired) electrons. The van der Waals surface area contributed by atoms with E-state index in [-0.39, 0.29) is 11.6 Å². The molecule has 0 saturated carbocycles. The number of fused-ring (bicyclic) bond motifs is 1. The van der Waals surface area contributed by atoms with Crippen molar-refractivity contribution in [2.24, 2.45) is 0 Å². The lowest BCUT2D eigenvalue weighted by Gasteiger charge is -2.30. The van der Waals surface area contributed by atoms with Gasteiger partial charge in [0, 0.05) is 29.4 Å². The standard InChI is InChI=1S/C26H26FN3OS/c1-29-16-13-20(14-17-29)28-25-23(24(31)18-6-3-2-4-7-18)22-8-5-15-30(26(22)32-25)21-11-9-19(27)10-12-21/h2-12,20,28H,13-17H2,1H3. The van der Waals surface area contributed by atoms with E-state index in [2.05, 4.69) is 34.3 Å². The number of halogens is 1. The molecule has 6 heteroatoms. The Morgan fingerprint density at radius 2 is 1.78 bits per heavy atom. The summed E-state index contributed by atoms with van der Waals surface area (Å²) in [7, 11) is 2.15. The molecule has 164 valence electrons. The molecule has 0 bridgehead atoms. The van der Waals surface area contributed by atoms with E-state index in [1.165, 1.54) is 12.1 Å². The van der Waals surface area contributed by atoms with Crippen LogP contribution in [-0.4, -0.2) is 43.4 Å². The Morgan fingerprint density at radius 1 is 1.06 bits per heavy atom. The number of rotatable bonds is 5. The lowest BCUT2D eigenvalue weighted by Crippen LogP contribution is -2.36. The molecule has 0 unspecified atom stereocenters. The van der Waals surface area contributed by atoms with Crippen molar-refractivity contribution in [2.75, 3.05) is 36.9 Å². The number of hydrogen-bond donors (Lipinski definition) is 1. The fourth-order valence-corrected chi connectivity index (χ4v) is 5.68. The number of anilines is 3. The molecule has 0 spiro atoms. The zero-order valence-electron chi connectivity index (χ0n) is 18.1. The molecule has 0 aliphatic carbocycles. The summed E-state index contributed by atoms with van der Waals surface area (Å²) < 4.78 is 13.5. The minimum atomic E-state index is -0.253. The van der Waals surface area contributed by atoms with Crippen LogP contribution in [0.25, 0.3) is 6.08 Å². The smallest absolute Gasteiger partial charge is 0.196 e. The first kappa shape index (κ1) is 20.9. The van der Waals surface area contributed by atoms with Gasteiger partial charge in [0.05, 0.1) is 5.56 Å². The van der Waals surface area contributed by atoms with Crippen molar-refractivity contribution in [1.29, 1.82) is 0 Å². The predicted octanol–water partition coefficient (Wildman–Crippen LogP) is 5.79. The summed E-state index contributed by atoms with van der Waals surface area (Å²) in [5.41, 5.74) is 3.28. The van der Waals surface area contributed by atoms with Gasteiger partial charge in [-0.3, -0.25) is 4.79 Å². The molecule has 32 heavy (non-hydrogen) atoms. The molecule has 2 aliphatic heterocycles. The molecular formula is C26H26FN3OS. The van der Waals surface area contributed by atoms with E-state index in [9.17, 15) is 9.18 Å². The van der Waals surface area contributed by atoms with Crippen LogP contribution in [0.2, 0.25) is 0 Å². The van der Waals surface area contributed by atoms with Gasteiger partial charge in [0.25, 0.3) is 0 Å². The number of carbonyl (C=O) groups excluding carboxylic acids is 1. The number of likely N-dealkylation sites (tertiary alicyclic amines) is 1. The Bertz CT molecular complexity index is 1130. The number of nitrogens with one attached hydrogen (secondary N) is 1. The summed E-state index contributed by atoms with van der Waals surface area (Å²) in [6.45, 7) is 2.78. The maximum Gasteiger partial charge on any atom is 0.196 e. The zero-order valence-corrected chi connectivity index (χ0v) is 18.9.